The fourth-order valence-electron chi connectivity index (χ4n) is 5.31. The van der Waals surface area contributed by atoms with Crippen LogP contribution in [0.2, 0.25) is 3.72 Å². The fourth-order valence-corrected chi connectivity index (χ4v) is 15.3. The predicted molar refractivity (Wildman–Crippen MR) is 105 cm³/mol. The van der Waals surface area contributed by atoms with Gasteiger partial charge in [-0.1, -0.05) is 0 Å². The molecule has 0 saturated heterocycles. The third kappa shape index (κ3) is 3.62. The van der Waals surface area contributed by atoms with Gasteiger partial charge in [0.1, 0.15) is 0 Å². The average Bonchev–Trinajstić information content (AvgIpc) is 2.78. The van der Waals surface area contributed by atoms with E-state index in [1.165, 1.54) is 38.5 Å². The second kappa shape index (κ2) is 9.14. The maximum absolute atomic E-state index is 2.75. The zero-order valence-electron chi connectivity index (χ0n) is 17.7. The molecule has 24 heavy (non-hydrogen) atoms. The Kier molecular flexibility index (Phi) is 8.42. The van der Waals surface area contributed by atoms with E-state index in [1.807, 2.05) is 0 Å². The summed E-state index contributed by atoms with van der Waals surface area (Å²) in [5.74, 6) is 0. The summed E-state index contributed by atoms with van der Waals surface area (Å²) >= 11 is -2.75. The van der Waals surface area contributed by atoms with E-state index in [1.54, 1.807) is 11.1 Å². The maximum atomic E-state index is 2.70. The molecule has 1 aliphatic carbocycles. The first-order valence-electron chi connectivity index (χ1n) is 9.69. The van der Waals surface area contributed by atoms with E-state index in [2.05, 4.69) is 85.4 Å². The quantitative estimate of drug-likeness (QED) is 0.501. The molecular formula is C20H41N3Ti. The zero-order valence-corrected chi connectivity index (χ0v) is 19.3. The second-order valence-electron chi connectivity index (χ2n) is 7.93. The van der Waals surface area contributed by atoms with Gasteiger partial charge in [0.05, 0.1) is 0 Å². The number of allylic oxidation sites excluding steroid dienone is 4. The summed E-state index contributed by atoms with van der Waals surface area (Å²) in [6, 6.07) is 0. The summed E-state index contributed by atoms with van der Waals surface area (Å²) in [5, 5.41) is 0. The van der Waals surface area contributed by atoms with Gasteiger partial charge >= 0.3 is 156 Å². The predicted octanol–water partition coefficient (Wildman–Crippen LogP) is 5.00. The molecule has 140 valence electrons. The normalized spacial score (nSPS) is 21.8. The Morgan fingerprint density at radius 2 is 1.29 bits per heavy atom. The van der Waals surface area contributed by atoms with E-state index < -0.39 is 17.4 Å². The van der Waals surface area contributed by atoms with Crippen molar-refractivity contribution in [1.29, 1.82) is 0 Å². The molecule has 0 heterocycles. The molecule has 0 saturated carbocycles. The van der Waals surface area contributed by atoms with Gasteiger partial charge in [0.15, 0.2) is 0 Å². The first kappa shape index (κ1) is 22.1. The van der Waals surface area contributed by atoms with Crippen molar-refractivity contribution in [3.63, 3.8) is 0 Å². The minimum absolute atomic E-state index is 0.228. The third-order valence-corrected chi connectivity index (χ3v) is 14.4. The summed E-state index contributed by atoms with van der Waals surface area (Å²) in [6.07, 6.45) is 12.7. The third-order valence-electron chi connectivity index (χ3n) is 5.54. The summed E-state index contributed by atoms with van der Waals surface area (Å²) in [4.78, 5) is 0. The van der Waals surface area contributed by atoms with Gasteiger partial charge in [-0.2, -0.15) is 0 Å². The molecule has 0 aromatic heterocycles. The van der Waals surface area contributed by atoms with Crippen LogP contribution >= 0.6 is 0 Å². The summed E-state index contributed by atoms with van der Waals surface area (Å²) < 4.78 is 8.03. The van der Waals surface area contributed by atoms with Gasteiger partial charge in [-0.05, 0) is 0 Å². The second-order valence-corrected chi connectivity index (χ2v) is 15.5. The SMILES string of the molecule is CCCC1=C[C](CCC)([Ti]([N](C)C)([N](C)C)[N](C)C)C(CCC)=C1. The van der Waals surface area contributed by atoms with Crippen LogP contribution in [0.25, 0.3) is 0 Å². The van der Waals surface area contributed by atoms with Crippen LogP contribution in [0.15, 0.2) is 23.3 Å². The molecule has 1 aliphatic rings. The molecule has 3 nitrogen and oxygen atoms in total. The summed E-state index contributed by atoms with van der Waals surface area (Å²) in [5.41, 5.74) is 3.28. The molecule has 0 aromatic rings. The van der Waals surface area contributed by atoms with Gasteiger partial charge in [-0.15, -0.1) is 0 Å². The first-order valence-corrected chi connectivity index (χ1v) is 12.6. The molecule has 1 unspecified atom stereocenters. The van der Waals surface area contributed by atoms with Gasteiger partial charge in [0.25, 0.3) is 0 Å². The Balaban J connectivity index is 3.68. The zero-order chi connectivity index (χ0) is 18.5. The van der Waals surface area contributed by atoms with E-state index in [4.69, 9.17) is 0 Å². The van der Waals surface area contributed by atoms with Crippen LogP contribution in [0.1, 0.15) is 59.3 Å². The number of nitrogens with zero attached hydrogens (tertiary/aromatic N) is 3. The van der Waals surface area contributed by atoms with Crippen molar-refractivity contribution >= 4 is 0 Å². The molecule has 0 radical (unpaired) electrons. The van der Waals surface area contributed by atoms with Gasteiger partial charge in [0, 0.05) is 0 Å². The average molecular weight is 371 g/mol. The minimum atomic E-state index is -2.75. The Morgan fingerprint density at radius 3 is 1.67 bits per heavy atom. The molecular weight excluding hydrogens is 330 g/mol. The standard InChI is InChI=1S/C14H23.3C2H6N.Ti/c1-4-7-12-10-13(8-5-2)14(11-12)9-6-3;3*1-3-2;/h10-11H,4-9H2,1-3H3;3*1-2H3;/q;3*-1;+3. The Labute approximate surface area is 156 Å². The molecule has 0 aliphatic heterocycles. The van der Waals surface area contributed by atoms with Crippen LogP contribution in [0.3, 0.4) is 0 Å². The van der Waals surface area contributed by atoms with Crippen LogP contribution in [-0.4, -0.2) is 52.4 Å². The number of hydrogen-bond acceptors (Lipinski definition) is 3. The van der Waals surface area contributed by atoms with Gasteiger partial charge in [-0.3, -0.25) is 0 Å². The van der Waals surface area contributed by atoms with E-state index in [0.29, 0.717) is 0 Å². The van der Waals surface area contributed by atoms with Crippen LogP contribution in [0.4, 0.5) is 0 Å². The number of rotatable bonds is 10. The first-order chi connectivity index (χ1) is 11.2. The molecule has 4 heteroatoms. The molecule has 0 amide bonds. The molecule has 0 aromatic carbocycles. The Hall–Kier alpha value is 0.0743. The molecule has 0 N–H and O–H groups in total. The van der Waals surface area contributed by atoms with Gasteiger partial charge in [-0.25, -0.2) is 0 Å². The van der Waals surface area contributed by atoms with E-state index >= 15 is 0 Å². The van der Waals surface area contributed by atoms with E-state index in [-0.39, 0.29) is 3.72 Å². The van der Waals surface area contributed by atoms with Crippen molar-refractivity contribution in [3.8, 4) is 0 Å². The van der Waals surface area contributed by atoms with Crippen molar-refractivity contribution in [2.24, 2.45) is 0 Å². The van der Waals surface area contributed by atoms with Crippen molar-refractivity contribution in [3.05, 3.63) is 23.3 Å². The van der Waals surface area contributed by atoms with E-state index in [9.17, 15) is 0 Å². The fraction of sp³-hybridized carbons (Fsp3) is 0.800. The van der Waals surface area contributed by atoms with Gasteiger partial charge in [0.2, 0.25) is 0 Å². The van der Waals surface area contributed by atoms with Crippen molar-refractivity contribution in [2.45, 2.75) is 63.0 Å². The van der Waals surface area contributed by atoms with Crippen molar-refractivity contribution in [2.75, 3.05) is 42.3 Å². The molecule has 1 atom stereocenters. The number of hydrogen-bond donors (Lipinski definition) is 0. The topological polar surface area (TPSA) is 9.72 Å². The summed E-state index contributed by atoms with van der Waals surface area (Å²) in [6.45, 7) is 6.97. The van der Waals surface area contributed by atoms with Crippen molar-refractivity contribution < 1.29 is 17.4 Å². The summed E-state index contributed by atoms with van der Waals surface area (Å²) in [7, 11) is 13.9. The van der Waals surface area contributed by atoms with E-state index in [0.717, 1.165) is 0 Å². The Bertz CT molecular complexity index is 444. The molecule has 1 rings (SSSR count). The monoisotopic (exact) mass is 371 g/mol. The molecule has 0 spiro atoms. The Morgan fingerprint density at radius 1 is 0.792 bits per heavy atom. The van der Waals surface area contributed by atoms with Crippen LogP contribution in [0.5, 0.6) is 0 Å². The van der Waals surface area contributed by atoms with Crippen LogP contribution in [0, 0.1) is 0 Å². The van der Waals surface area contributed by atoms with Crippen LogP contribution < -0.4 is 0 Å². The van der Waals surface area contributed by atoms with Crippen LogP contribution in [-0.2, 0) is 17.4 Å². The molecule has 0 fully saturated rings. The molecule has 0 bridgehead atoms. The van der Waals surface area contributed by atoms with Crippen molar-refractivity contribution in [1.82, 2.24) is 10.1 Å². The van der Waals surface area contributed by atoms with Gasteiger partial charge < -0.3 is 0 Å².